The van der Waals surface area contributed by atoms with Crippen molar-refractivity contribution in [3.63, 3.8) is 0 Å². The van der Waals surface area contributed by atoms with Crippen molar-refractivity contribution in [3.05, 3.63) is 54.1 Å². The van der Waals surface area contributed by atoms with Gasteiger partial charge in [-0.2, -0.15) is 0 Å². The smallest absolute Gasteiger partial charge is 0.115 e. The quantitative estimate of drug-likeness (QED) is 0.539. The van der Waals surface area contributed by atoms with Crippen LogP contribution in [-0.2, 0) is 0 Å². The summed E-state index contributed by atoms with van der Waals surface area (Å²) in [6.07, 6.45) is 5.36. The molecule has 104 valence electrons. The second-order valence-electron chi connectivity index (χ2n) is 5.62. The molecule has 20 heavy (non-hydrogen) atoms. The van der Waals surface area contributed by atoms with Gasteiger partial charge in [0.2, 0.25) is 0 Å². The maximum Gasteiger partial charge on any atom is 0.115 e. The first kappa shape index (κ1) is 13.9. The summed E-state index contributed by atoms with van der Waals surface area (Å²) in [5.74, 6) is 1.07. The van der Waals surface area contributed by atoms with Gasteiger partial charge in [-0.1, -0.05) is 59.0 Å². The summed E-state index contributed by atoms with van der Waals surface area (Å²) in [5.41, 5.74) is 3.86. The Morgan fingerprint density at radius 2 is 1.25 bits per heavy atom. The van der Waals surface area contributed by atoms with E-state index in [4.69, 9.17) is 0 Å². The molecule has 2 aromatic carbocycles. The van der Waals surface area contributed by atoms with E-state index in [1.54, 1.807) is 12.1 Å². The Hall–Kier alpha value is -1.03. The number of phenols is 1. The Morgan fingerprint density at radius 1 is 0.750 bits per heavy atom. The van der Waals surface area contributed by atoms with Crippen LogP contribution < -0.4 is 0 Å². The van der Waals surface area contributed by atoms with Gasteiger partial charge in [0, 0.05) is 3.92 Å². The van der Waals surface area contributed by atoms with E-state index in [1.807, 2.05) is 12.1 Å². The molecule has 0 heterocycles. The van der Waals surface area contributed by atoms with Crippen molar-refractivity contribution in [1.29, 1.82) is 0 Å². The Kier molecular flexibility index (Phi) is 4.29. The van der Waals surface area contributed by atoms with Crippen LogP contribution >= 0.6 is 22.6 Å². The summed E-state index contributed by atoms with van der Waals surface area (Å²) in [4.78, 5) is 0. The zero-order valence-electron chi connectivity index (χ0n) is 11.4. The van der Waals surface area contributed by atoms with Crippen LogP contribution in [0, 0.1) is 0 Å². The van der Waals surface area contributed by atoms with E-state index >= 15 is 0 Å². The van der Waals surface area contributed by atoms with E-state index in [1.165, 1.54) is 36.8 Å². The lowest BCUT2D eigenvalue weighted by atomic mass is 9.83. The number of rotatable bonds is 2. The van der Waals surface area contributed by atoms with Crippen LogP contribution in [0.3, 0.4) is 0 Å². The van der Waals surface area contributed by atoms with Crippen LogP contribution in [0.4, 0.5) is 0 Å². The highest BCUT2D eigenvalue weighted by Gasteiger charge is 2.20. The van der Waals surface area contributed by atoms with Crippen molar-refractivity contribution in [1.82, 2.24) is 0 Å². The van der Waals surface area contributed by atoms with Crippen molar-refractivity contribution in [2.45, 2.75) is 35.5 Å². The Balaban J connectivity index is 1.76. The van der Waals surface area contributed by atoms with Crippen molar-refractivity contribution in [3.8, 4) is 16.9 Å². The molecule has 0 unspecified atom stereocenters. The largest absolute Gasteiger partial charge is 0.508 e. The summed E-state index contributed by atoms with van der Waals surface area (Å²) in [5, 5.41) is 9.34. The lowest BCUT2D eigenvalue weighted by Gasteiger charge is -2.25. The Morgan fingerprint density at radius 3 is 1.80 bits per heavy atom. The van der Waals surface area contributed by atoms with E-state index in [2.05, 4.69) is 46.9 Å². The topological polar surface area (TPSA) is 20.2 Å². The van der Waals surface area contributed by atoms with E-state index in [0.29, 0.717) is 5.75 Å². The van der Waals surface area contributed by atoms with E-state index in [9.17, 15) is 5.11 Å². The SMILES string of the molecule is Oc1ccc(-c2ccc(C3CCC(I)CC3)cc2)cc1. The predicted octanol–water partition coefficient (Wildman–Crippen LogP) is 5.52. The molecule has 1 aliphatic carbocycles. The fourth-order valence-corrected chi connectivity index (χ4v) is 3.71. The lowest BCUT2D eigenvalue weighted by molar-refractivity contribution is 0.462. The monoisotopic (exact) mass is 378 g/mol. The number of phenolic OH excluding ortho intramolecular Hbond substituents is 1. The van der Waals surface area contributed by atoms with Crippen LogP contribution in [0.25, 0.3) is 11.1 Å². The number of aromatic hydroxyl groups is 1. The van der Waals surface area contributed by atoms with Gasteiger partial charge in [-0.05, 0) is 60.4 Å². The van der Waals surface area contributed by atoms with Gasteiger partial charge in [-0.15, -0.1) is 0 Å². The zero-order chi connectivity index (χ0) is 13.9. The summed E-state index contributed by atoms with van der Waals surface area (Å²) >= 11 is 2.58. The predicted molar refractivity (Wildman–Crippen MR) is 92.6 cm³/mol. The molecule has 0 bridgehead atoms. The average molecular weight is 378 g/mol. The molecular formula is C18H19IO. The molecule has 2 heteroatoms. The minimum atomic E-state index is 0.320. The molecule has 0 radical (unpaired) electrons. The third kappa shape index (κ3) is 3.17. The van der Waals surface area contributed by atoms with Gasteiger partial charge >= 0.3 is 0 Å². The van der Waals surface area contributed by atoms with E-state index < -0.39 is 0 Å². The fourth-order valence-electron chi connectivity index (χ4n) is 2.99. The minimum absolute atomic E-state index is 0.320. The van der Waals surface area contributed by atoms with Crippen LogP contribution in [0.2, 0.25) is 0 Å². The highest BCUT2D eigenvalue weighted by atomic mass is 127. The fraction of sp³-hybridized carbons (Fsp3) is 0.333. The molecule has 0 aliphatic heterocycles. The summed E-state index contributed by atoms with van der Waals surface area (Å²) in [6.45, 7) is 0. The molecule has 0 atom stereocenters. The van der Waals surface area contributed by atoms with Gasteiger partial charge in [-0.3, -0.25) is 0 Å². The van der Waals surface area contributed by atoms with Crippen molar-refractivity contribution >= 4 is 22.6 Å². The maximum atomic E-state index is 9.34. The Labute approximate surface area is 134 Å². The highest BCUT2D eigenvalue weighted by molar-refractivity contribution is 14.1. The van der Waals surface area contributed by atoms with Crippen LogP contribution in [0.5, 0.6) is 5.75 Å². The summed E-state index contributed by atoms with van der Waals surface area (Å²) < 4.78 is 0.875. The molecule has 1 fully saturated rings. The number of benzene rings is 2. The van der Waals surface area contributed by atoms with Crippen molar-refractivity contribution < 1.29 is 5.11 Å². The van der Waals surface area contributed by atoms with Gasteiger partial charge in [0.25, 0.3) is 0 Å². The summed E-state index contributed by atoms with van der Waals surface area (Å²) in [6, 6.07) is 16.4. The van der Waals surface area contributed by atoms with Gasteiger partial charge in [0.1, 0.15) is 5.75 Å². The molecule has 1 N–H and O–H groups in total. The summed E-state index contributed by atoms with van der Waals surface area (Å²) in [7, 11) is 0. The average Bonchev–Trinajstić information content (AvgIpc) is 2.49. The standard InChI is InChI=1S/C18H19IO/c19-17-9-5-15(6-10-17)13-1-3-14(4-2-13)16-7-11-18(20)12-8-16/h1-4,7-8,11-12,15,17,20H,5-6,9-10H2. The molecule has 0 aromatic heterocycles. The van der Waals surface area contributed by atoms with Crippen LogP contribution in [0.1, 0.15) is 37.2 Å². The van der Waals surface area contributed by atoms with E-state index in [-0.39, 0.29) is 0 Å². The van der Waals surface area contributed by atoms with Crippen molar-refractivity contribution in [2.24, 2.45) is 0 Å². The second-order valence-corrected chi connectivity index (χ2v) is 7.38. The highest BCUT2D eigenvalue weighted by Crippen LogP contribution is 2.36. The molecular weight excluding hydrogens is 359 g/mol. The number of alkyl halides is 1. The van der Waals surface area contributed by atoms with Gasteiger partial charge in [0.15, 0.2) is 0 Å². The normalized spacial score (nSPS) is 22.6. The maximum absolute atomic E-state index is 9.34. The van der Waals surface area contributed by atoms with Crippen molar-refractivity contribution in [2.75, 3.05) is 0 Å². The molecule has 0 amide bonds. The molecule has 1 saturated carbocycles. The van der Waals surface area contributed by atoms with Gasteiger partial charge in [-0.25, -0.2) is 0 Å². The minimum Gasteiger partial charge on any atom is -0.508 e. The van der Waals surface area contributed by atoms with Crippen LogP contribution in [0.15, 0.2) is 48.5 Å². The number of hydrogen-bond donors (Lipinski definition) is 1. The first-order valence-electron chi connectivity index (χ1n) is 7.26. The molecule has 0 spiro atoms. The second kappa shape index (κ2) is 6.17. The molecule has 0 saturated heterocycles. The molecule has 1 nitrogen and oxygen atoms in total. The number of hydrogen-bond acceptors (Lipinski definition) is 1. The number of halogens is 1. The molecule has 2 aromatic rings. The van der Waals surface area contributed by atoms with E-state index in [0.717, 1.165) is 15.4 Å². The van der Waals surface area contributed by atoms with Gasteiger partial charge < -0.3 is 5.11 Å². The lowest BCUT2D eigenvalue weighted by Crippen LogP contribution is -2.12. The van der Waals surface area contributed by atoms with Crippen LogP contribution in [-0.4, -0.2) is 9.03 Å². The third-order valence-corrected chi connectivity index (χ3v) is 5.49. The molecule has 1 aliphatic rings. The first-order chi connectivity index (χ1) is 9.72. The zero-order valence-corrected chi connectivity index (χ0v) is 13.6. The first-order valence-corrected chi connectivity index (χ1v) is 8.50. The molecule has 3 rings (SSSR count). The van der Waals surface area contributed by atoms with Gasteiger partial charge in [0.05, 0.1) is 0 Å². The third-order valence-electron chi connectivity index (χ3n) is 4.24. The Bertz CT molecular complexity index is 551.